The Morgan fingerprint density at radius 1 is 1.53 bits per heavy atom. The van der Waals surface area contributed by atoms with Crippen LogP contribution < -0.4 is 0 Å². The van der Waals surface area contributed by atoms with Gasteiger partial charge in [-0.3, -0.25) is 4.98 Å². The molecule has 1 N–H and O–H groups in total. The quantitative estimate of drug-likeness (QED) is 0.833. The Hall–Kier alpha value is -0.540. The van der Waals surface area contributed by atoms with Crippen molar-refractivity contribution in [2.45, 2.75) is 32.3 Å². The molecule has 2 rings (SSSR count). The summed E-state index contributed by atoms with van der Waals surface area (Å²) in [6.45, 7) is 4.18. The predicted molar refractivity (Wildman–Crippen MR) is 64.3 cm³/mol. The minimum atomic E-state index is -0.518. The second-order valence-electron chi connectivity index (χ2n) is 4.40. The molecule has 2 heterocycles. The maximum Gasteiger partial charge on any atom is 0.0800 e. The molecule has 1 aromatic heterocycles. The predicted octanol–water partition coefficient (Wildman–Crippen LogP) is 2.11. The van der Waals surface area contributed by atoms with Crippen molar-refractivity contribution in [2.24, 2.45) is 0 Å². The topological polar surface area (TPSA) is 33.1 Å². The van der Waals surface area contributed by atoms with Crippen LogP contribution in [0.15, 0.2) is 12.3 Å². The van der Waals surface area contributed by atoms with E-state index in [0.29, 0.717) is 6.42 Å². The summed E-state index contributed by atoms with van der Waals surface area (Å²) < 4.78 is 0. The maximum absolute atomic E-state index is 10.3. The molecule has 1 aromatic rings. The second-order valence-corrected chi connectivity index (χ2v) is 5.51. The van der Waals surface area contributed by atoms with E-state index in [1.54, 1.807) is 0 Å². The molecule has 0 bridgehead atoms. The van der Waals surface area contributed by atoms with Crippen LogP contribution in [0.25, 0.3) is 0 Å². The summed E-state index contributed by atoms with van der Waals surface area (Å²) in [5.74, 6) is 1.92. The molecular formula is C12H17NOS. The monoisotopic (exact) mass is 223 g/mol. The summed E-state index contributed by atoms with van der Waals surface area (Å²) in [6, 6.07) is 2.02. The molecule has 1 unspecified atom stereocenters. The zero-order valence-electron chi connectivity index (χ0n) is 9.29. The number of hydrogen-bond donors (Lipinski definition) is 1. The Morgan fingerprint density at radius 3 is 3.00 bits per heavy atom. The van der Waals surface area contributed by atoms with Gasteiger partial charge in [0.25, 0.3) is 0 Å². The molecule has 3 heteroatoms. The van der Waals surface area contributed by atoms with Gasteiger partial charge in [0, 0.05) is 24.1 Å². The van der Waals surface area contributed by atoms with Crippen LogP contribution in [-0.4, -0.2) is 27.2 Å². The first-order valence-electron chi connectivity index (χ1n) is 5.32. The van der Waals surface area contributed by atoms with Gasteiger partial charge in [-0.2, -0.15) is 11.8 Å². The lowest BCUT2D eigenvalue weighted by molar-refractivity contribution is 0.0674. The number of aryl methyl sites for hydroxylation is 1. The van der Waals surface area contributed by atoms with Crippen molar-refractivity contribution < 1.29 is 5.11 Å². The SMILES string of the molecule is Cc1ccnc(CC2(O)CCSC2)c1C. The average Bonchev–Trinajstić information content (AvgIpc) is 2.60. The smallest absolute Gasteiger partial charge is 0.0800 e. The highest BCUT2D eigenvalue weighted by Gasteiger charge is 2.32. The van der Waals surface area contributed by atoms with Crippen LogP contribution in [0, 0.1) is 13.8 Å². The molecule has 82 valence electrons. The molecule has 0 aliphatic carbocycles. The third kappa shape index (κ3) is 2.34. The number of aliphatic hydroxyl groups is 1. The second kappa shape index (κ2) is 4.14. The first-order valence-corrected chi connectivity index (χ1v) is 6.47. The highest BCUT2D eigenvalue weighted by Crippen LogP contribution is 2.31. The fourth-order valence-corrected chi connectivity index (χ4v) is 3.21. The van der Waals surface area contributed by atoms with E-state index >= 15 is 0 Å². The van der Waals surface area contributed by atoms with Gasteiger partial charge in [0.05, 0.1) is 5.60 Å². The van der Waals surface area contributed by atoms with Crippen molar-refractivity contribution in [3.8, 4) is 0 Å². The van der Waals surface area contributed by atoms with E-state index in [-0.39, 0.29) is 0 Å². The summed E-state index contributed by atoms with van der Waals surface area (Å²) >= 11 is 1.83. The van der Waals surface area contributed by atoms with Crippen LogP contribution in [0.2, 0.25) is 0 Å². The van der Waals surface area contributed by atoms with Crippen molar-refractivity contribution in [3.05, 3.63) is 29.1 Å². The first-order chi connectivity index (χ1) is 7.11. The molecule has 0 aromatic carbocycles. The Labute approximate surface area is 95.1 Å². The normalized spacial score (nSPS) is 25.8. The minimum absolute atomic E-state index is 0.518. The van der Waals surface area contributed by atoms with Gasteiger partial charge in [-0.15, -0.1) is 0 Å². The Kier molecular flexibility index (Phi) is 3.03. The Morgan fingerprint density at radius 2 is 2.33 bits per heavy atom. The van der Waals surface area contributed by atoms with Gasteiger partial charge in [0.1, 0.15) is 0 Å². The third-order valence-corrected chi connectivity index (χ3v) is 4.39. The Balaban J connectivity index is 2.20. The van der Waals surface area contributed by atoms with Crippen molar-refractivity contribution in [2.75, 3.05) is 11.5 Å². The summed E-state index contributed by atoms with van der Waals surface area (Å²) in [5, 5.41) is 10.3. The molecule has 0 saturated carbocycles. The fourth-order valence-electron chi connectivity index (χ4n) is 1.91. The lowest BCUT2D eigenvalue weighted by Gasteiger charge is -2.21. The third-order valence-electron chi connectivity index (χ3n) is 3.16. The van der Waals surface area contributed by atoms with E-state index in [2.05, 4.69) is 18.8 Å². The molecule has 1 saturated heterocycles. The van der Waals surface area contributed by atoms with E-state index < -0.39 is 5.60 Å². The van der Waals surface area contributed by atoms with Gasteiger partial charge in [-0.25, -0.2) is 0 Å². The van der Waals surface area contributed by atoms with E-state index in [1.807, 2.05) is 24.0 Å². The van der Waals surface area contributed by atoms with E-state index in [1.165, 1.54) is 11.1 Å². The standard InChI is InChI=1S/C12H17NOS/c1-9-3-5-13-11(10(9)2)7-12(14)4-6-15-8-12/h3,5,14H,4,6-8H2,1-2H3. The molecule has 0 radical (unpaired) electrons. The molecule has 0 spiro atoms. The molecule has 1 aliphatic heterocycles. The van der Waals surface area contributed by atoms with E-state index in [4.69, 9.17) is 0 Å². The maximum atomic E-state index is 10.3. The van der Waals surface area contributed by atoms with Crippen LogP contribution in [-0.2, 0) is 6.42 Å². The fraction of sp³-hybridized carbons (Fsp3) is 0.583. The number of nitrogens with zero attached hydrogens (tertiary/aromatic N) is 1. The van der Waals surface area contributed by atoms with Gasteiger partial charge in [-0.1, -0.05) is 0 Å². The average molecular weight is 223 g/mol. The molecule has 1 aliphatic rings. The van der Waals surface area contributed by atoms with Gasteiger partial charge in [0.2, 0.25) is 0 Å². The molecule has 0 amide bonds. The van der Waals surface area contributed by atoms with Crippen LogP contribution in [0.3, 0.4) is 0 Å². The summed E-state index contributed by atoms with van der Waals surface area (Å²) in [5.41, 5.74) is 3.02. The zero-order chi connectivity index (χ0) is 10.9. The summed E-state index contributed by atoms with van der Waals surface area (Å²) in [6.07, 6.45) is 3.43. The van der Waals surface area contributed by atoms with Crippen LogP contribution >= 0.6 is 11.8 Å². The molecule has 2 nitrogen and oxygen atoms in total. The first kappa shape index (κ1) is 11.0. The summed E-state index contributed by atoms with van der Waals surface area (Å²) in [4.78, 5) is 4.38. The van der Waals surface area contributed by atoms with Crippen molar-refractivity contribution >= 4 is 11.8 Å². The number of pyridine rings is 1. The molecule has 1 atom stereocenters. The Bertz CT molecular complexity index is 359. The molecule has 1 fully saturated rings. The lowest BCUT2D eigenvalue weighted by Crippen LogP contribution is -2.31. The summed E-state index contributed by atoms with van der Waals surface area (Å²) in [7, 11) is 0. The number of rotatable bonds is 2. The molecular weight excluding hydrogens is 206 g/mol. The largest absolute Gasteiger partial charge is 0.389 e. The van der Waals surface area contributed by atoms with Crippen LogP contribution in [0.1, 0.15) is 23.2 Å². The number of thioether (sulfide) groups is 1. The van der Waals surface area contributed by atoms with Gasteiger partial charge in [0.15, 0.2) is 0 Å². The lowest BCUT2D eigenvalue weighted by atomic mass is 9.94. The van der Waals surface area contributed by atoms with Crippen LogP contribution in [0.4, 0.5) is 0 Å². The van der Waals surface area contributed by atoms with Crippen molar-refractivity contribution in [1.82, 2.24) is 4.98 Å². The number of hydrogen-bond acceptors (Lipinski definition) is 3. The zero-order valence-corrected chi connectivity index (χ0v) is 10.1. The van der Waals surface area contributed by atoms with Crippen molar-refractivity contribution in [1.29, 1.82) is 0 Å². The van der Waals surface area contributed by atoms with Gasteiger partial charge >= 0.3 is 0 Å². The van der Waals surface area contributed by atoms with Gasteiger partial charge < -0.3 is 5.11 Å². The van der Waals surface area contributed by atoms with E-state index in [9.17, 15) is 5.11 Å². The highest BCUT2D eigenvalue weighted by atomic mass is 32.2. The number of aromatic nitrogens is 1. The van der Waals surface area contributed by atoms with Crippen molar-refractivity contribution in [3.63, 3.8) is 0 Å². The molecule has 15 heavy (non-hydrogen) atoms. The van der Waals surface area contributed by atoms with Crippen LogP contribution in [0.5, 0.6) is 0 Å². The minimum Gasteiger partial charge on any atom is -0.389 e. The van der Waals surface area contributed by atoms with Gasteiger partial charge in [-0.05, 0) is 43.2 Å². The van der Waals surface area contributed by atoms with E-state index in [0.717, 1.165) is 23.6 Å². The highest BCUT2D eigenvalue weighted by molar-refractivity contribution is 7.99.